The van der Waals surface area contributed by atoms with Gasteiger partial charge in [0, 0.05) is 24.9 Å². The molecule has 0 radical (unpaired) electrons. The van der Waals surface area contributed by atoms with E-state index in [4.69, 9.17) is 11.5 Å². The second kappa shape index (κ2) is 7.67. The Labute approximate surface area is 186 Å². The lowest BCUT2D eigenvalue weighted by molar-refractivity contribution is -0.125. The highest BCUT2D eigenvalue weighted by molar-refractivity contribution is 7.90. The number of primary amides is 1. The largest absolute Gasteiger partial charge is 0.383 e. The summed E-state index contributed by atoms with van der Waals surface area (Å²) in [6.45, 7) is 2.98. The number of hydrogen-bond donors (Lipinski definition) is 2. The molecule has 0 unspecified atom stereocenters. The number of hydrogen-bond acceptors (Lipinski definition) is 6. The van der Waals surface area contributed by atoms with Crippen LogP contribution in [0.25, 0.3) is 11.3 Å². The minimum Gasteiger partial charge on any atom is -0.383 e. The van der Waals surface area contributed by atoms with E-state index >= 15 is 0 Å². The Kier molecular flexibility index (Phi) is 5.25. The maximum atomic E-state index is 12.1. The average molecular weight is 456 g/mol. The van der Waals surface area contributed by atoms with Crippen molar-refractivity contribution in [2.45, 2.75) is 37.1 Å². The summed E-state index contributed by atoms with van der Waals surface area (Å²) in [7, 11) is -3.35. The number of nitrogens with two attached hydrogens (primary N) is 2. The van der Waals surface area contributed by atoms with Crippen LogP contribution in [0.5, 0.6) is 0 Å². The first-order chi connectivity index (χ1) is 15.0. The number of rotatable bonds is 4. The van der Waals surface area contributed by atoms with Crippen LogP contribution in [0.15, 0.2) is 29.2 Å². The predicted octanol–water partition coefficient (Wildman–Crippen LogP) is 1.21. The zero-order valence-electron chi connectivity index (χ0n) is 18.0. The third-order valence-electron chi connectivity index (χ3n) is 6.39. The van der Waals surface area contributed by atoms with Gasteiger partial charge in [0.05, 0.1) is 10.9 Å². The van der Waals surface area contributed by atoms with Crippen LogP contribution in [-0.4, -0.2) is 54.3 Å². The molecule has 2 aromatic rings. The van der Waals surface area contributed by atoms with E-state index < -0.39 is 15.7 Å². The van der Waals surface area contributed by atoms with Gasteiger partial charge in [-0.05, 0) is 49.7 Å². The smallest absolute Gasteiger partial charge is 0.298 e. The fourth-order valence-electron chi connectivity index (χ4n) is 4.77. The van der Waals surface area contributed by atoms with E-state index in [-0.39, 0.29) is 33.6 Å². The Balaban J connectivity index is 1.59. The molecule has 10 heteroatoms. The standard InChI is InChI=1S/C22H25N5O4S/c1-3-4-17(28)26-10-9-22(13-26)11-15(12-22)27-20(23)18(21(24)29)19(25-27)14-5-7-16(8-6-14)32(2,30)31/h5-8,15H,9-13,23H2,1-2H3,(H2,24,29)/t15-,22-. The Morgan fingerprint density at radius 3 is 2.44 bits per heavy atom. The van der Waals surface area contributed by atoms with Gasteiger partial charge in [-0.1, -0.05) is 18.1 Å². The van der Waals surface area contributed by atoms with E-state index in [0.717, 1.165) is 25.5 Å². The molecule has 1 aromatic heterocycles. The van der Waals surface area contributed by atoms with Gasteiger partial charge in [-0.25, -0.2) is 13.1 Å². The molecular weight excluding hydrogens is 430 g/mol. The predicted molar refractivity (Wildman–Crippen MR) is 119 cm³/mol. The molecule has 4 N–H and O–H groups in total. The van der Waals surface area contributed by atoms with Crippen molar-refractivity contribution < 1.29 is 18.0 Å². The Morgan fingerprint density at radius 2 is 1.88 bits per heavy atom. The summed E-state index contributed by atoms with van der Waals surface area (Å²) in [5.74, 6) is 4.59. The minimum atomic E-state index is -3.35. The Morgan fingerprint density at radius 1 is 1.22 bits per heavy atom. The van der Waals surface area contributed by atoms with Crippen molar-refractivity contribution in [1.29, 1.82) is 0 Å². The SMILES string of the molecule is CC#CC(=O)N1CC[C@]2(C1)C[C@H](n1nc(-c3ccc(S(C)(=O)=O)cc3)c(C(N)=O)c1N)C2. The van der Waals surface area contributed by atoms with Gasteiger partial charge in [-0.3, -0.25) is 9.59 Å². The van der Waals surface area contributed by atoms with E-state index in [2.05, 4.69) is 16.9 Å². The van der Waals surface area contributed by atoms with Gasteiger partial charge in [-0.2, -0.15) is 5.10 Å². The highest BCUT2D eigenvalue weighted by Crippen LogP contribution is 2.54. The summed E-state index contributed by atoms with van der Waals surface area (Å²) in [6.07, 6.45) is 3.59. The van der Waals surface area contributed by atoms with Crippen LogP contribution in [0, 0.1) is 17.3 Å². The molecular formula is C22H25N5O4S. The molecule has 4 rings (SSSR count). The molecule has 0 atom stereocenters. The van der Waals surface area contributed by atoms with Crippen molar-refractivity contribution in [1.82, 2.24) is 14.7 Å². The van der Waals surface area contributed by atoms with Gasteiger partial charge in [0.25, 0.3) is 11.8 Å². The number of sulfone groups is 1. The molecule has 0 bridgehead atoms. The van der Waals surface area contributed by atoms with Crippen LogP contribution in [-0.2, 0) is 14.6 Å². The number of likely N-dealkylation sites (tertiary alicyclic amines) is 1. The van der Waals surface area contributed by atoms with Crippen molar-refractivity contribution in [2.24, 2.45) is 11.1 Å². The van der Waals surface area contributed by atoms with Crippen molar-refractivity contribution in [3.8, 4) is 23.1 Å². The fraction of sp³-hybridized carbons (Fsp3) is 0.409. The highest BCUT2D eigenvalue weighted by atomic mass is 32.2. The summed E-state index contributed by atoms with van der Waals surface area (Å²) < 4.78 is 25.1. The van der Waals surface area contributed by atoms with Crippen LogP contribution in [0.3, 0.4) is 0 Å². The minimum absolute atomic E-state index is 0.00976. The summed E-state index contributed by atoms with van der Waals surface area (Å²) in [6, 6.07) is 6.10. The lowest BCUT2D eigenvalue weighted by Gasteiger charge is -2.45. The van der Waals surface area contributed by atoms with Gasteiger partial charge in [0.1, 0.15) is 17.1 Å². The van der Waals surface area contributed by atoms with Gasteiger partial charge in [-0.15, -0.1) is 0 Å². The number of carbonyl (C=O) groups excluding carboxylic acids is 2. The maximum absolute atomic E-state index is 12.1. The zero-order chi connectivity index (χ0) is 23.3. The van der Waals surface area contributed by atoms with Gasteiger partial charge in [0.2, 0.25) is 0 Å². The lowest BCUT2D eigenvalue weighted by Crippen LogP contribution is -2.42. The van der Waals surface area contributed by atoms with E-state index in [1.807, 2.05) is 0 Å². The molecule has 2 aliphatic rings. The van der Waals surface area contributed by atoms with Crippen LogP contribution in [0.1, 0.15) is 42.6 Å². The molecule has 9 nitrogen and oxygen atoms in total. The molecule has 2 heterocycles. The first-order valence-electron chi connectivity index (χ1n) is 10.2. The molecule has 1 saturated heterocycles. The first kappa shape index (κ1) is 21.9. The maximum Gasteiger partial charge on any atom is 0.298 e. The van der Waals surface area contributed by atoms with E-state index in [1.165, 1.54) is 12.1 Å². The van der Waals surface area contributed by atoms with Crippen molar-refractivity contribution in [2.75, 3.05) is 25.1 Å². The Bertz CT molecular complexity index is 1260. The lowest BCUT2D eigenvalue weighted by atomic mass is 9.65. The molecule has 1 saturated carbocycles. The normalized spacial score (nSPS) is 22.3. The molecule has 1 aromatic carbocycles. The van der Waals surface area contributed by atoms with Crippen molar-refractivity contribution >= 4 is 27.5 Å². The Hall–Kier alpha value is -3.32. The van der Waals surface area contributed by atoms with Crippen LogP contribution in [0.2, 0.25) is 0 Å². The second-order valence-corrected chi connectivity index (χ2v) is 10.6. The summed E-state index contributed by atoms with van der Waals surface area (Å²) in [4.78, 5) is 26.2. The number of benzene rings is 1. The number of carbonyl (C=O) groups is 2. The third kappa shape index (κ3) is 3.73. The number of nitrogen functional groups attached to an aromatic ring is 1. The highest BCUT2D eigenvalue weighted by Gasteiger charge is 2.51. The molecule has 1 aliphatic carbocycles. The van der Waals surface area contributed by atoms with Crippen LogP contribution < -0.4 is 11.5 Å². The molecule has 32 heavy (non-hydrogen) atoms. The number of amides is 2. The van der Waals surface area contributed by atoms with Crippen LogP contribution in [0.4, 0.5) is 5.82 Å². The van der Waals surface area contributed by atoms with E-state index in [0.29, 0.717) is 24.3 Å². The molecule has 2 amide bonds. The third-order valence-corrected chi connectivity index (χ3v) is 7.52. The molecule has 168 valence electrons. The van der Waals surface area contributed by atoms with E-state index in [1.54, 1.807) is 28.6 Å². The average Bonchev–Trinajstić information content (AvgIpc) is 3.28. The summed E-state index contributed by atoms with van der Waals surface area (Å²) >= 11 is 0. The zero-order valence-corrected chi connectivity index (χ0v) is 18.8. The van der Waals surface area contributed by atoms with Crippen molar-refractivity contribution in [3.63, 3.8) is 0 Å². The number of nitrogens with zero attached hydrogens (tertiary/aromatic N) is 3. The topological polar surface area (TPSA) is 141 Å². The second-order valence-electron chi connectivity index (χ2n) is 8.63. The first-order valence-corrected chi connectivity index (χ1v) is 12.1. The molecule has 1 aliphatic heterocycles. The summed E-state index contributed by atoms with van der Waals surface area (Å²) in [5.41, 5.74) is 12.9. The molecule has 2 fully saturated rings. The van der Waals surface area contributed by atoms with E-state index in [9.17, 15) is 18.0 Å². The monoisotopic (exact) mass is 455 g/mol. The number of aromatic nitrogens is 2. The van der Waals surface area contributed by atoms with Crippen molar-refractivity contribution in [3.05, 3.63) is 29.8 Å². The number of anilines is 1. The quantitative estimate of drug-likeness (QED) is 0.664. The van der Waals surface area contributed by atoms with Gasteiger partial charge in [0.15, 0.2) is 9.84 Å². The van der Waals surface area contributed by atoms with Gasteiger partial charge < -0.3 is 16.4 Å². The fourth-order valence-corrected chi connectivity index (χ4v) is 5.40. The molecule has 1 spiro atoms. The summed E-state index contributed by atoms with van der Waals surface area (Å²) in [5, 5.41) is 4.59. The van der Waals surface area contributed by atoms with Crippen LogP contribution >= 0.6 is 0 Å². The van der Waals surface area contributed by atoms with Gasteiger partial charge >= 0.3 is 0 Å².